The number of rotatable bonds is 1. The number of aromatic nitrogens is 4. The summed E-state index contributed by atoms with van der Waals surface area (Å²) in [6, 6.07) is 19.2. The predicted octanol–water partition coefficient (Wildman–Crippen LogP) is 4.68. The van der Waals surface area contributed by atoms with Crippen LogP contribution in [0.3, 0.4) is 0 Å². The molecule has 2 aromatic carbocycles. The molecule has 0 atom stereocenters. The smallest absolute Gasteiger partial charge is 0.142 e. The maximum atomic E-state index is 4.73. The summed E-state index contributed by atoms with van der Waals surface area (Å²) in [5, 5.41) is 3.81. The molecule has 0 saturated carbocycles. The van der Waals surface area contributed by atoms with Gasteiger partial charge in [0, 0.05) is 35.0 Å². The fourth-order valence-electron chi connectivity index (χ4n) is 3.95. The van der Waals surface area contributed by atoms with E-state index in [2.05, 4.69) is 75.8 Å². The zero-order chi connectivity index (χ0) is 17.1. The fourth-order valence-corrected chi connectivity index (χ4v) is 3.95. The zero-order valence-corrected chi connectivity index (χ0v) is 14.5. The minimum absolute atomic E-state index is 0.791. The van der Waals surface area contributed by atoms with E-state index in [0.717, 1.165) is 17.3 Å². The first-order valence-corrected chi connectivity index (χ1v) is 8.44. The summed E-state index contributed by atoms with van der Waals surface area (Å²) in [6.45, 7) is 3.96. The zero-order valence-electron chi connectivity index (χ0n) is 14.5. The van der Waals surface area contributed by atoms with Crippen molar-refractivity contribution >= 4 is 32.8 Å². The number of benzene rings is 2. The lowest BCUT2D eigenvalue weighted by molar-refractivity contribution is 0.914. The van der Waals surface area contributed by atoms with Crippen molar-refractivity contribution < 1.29 is 0 Å². The quantitative estimate of drug-likeness (QED) is 0.448. The van der Waals surface area contributed by atoms with Gasteiger partial charge in [-0.25, -0.2) is 9.97 Å². The largest absolute Gasteiger partial charge is 0.329 e. The maximum Gasteiger partial charge on any atom is 0.142 e. The van der Waals surface area contributed by atoms with Crippen LogP contribution in [0.15, 0.2) is 54.6 Å². The van der Waals surface area contributed by atoms with Gasteiger partial charge in [-0.3, -0.25) is 4.57 Å². The third-order valence-electron chi connectivity index (χ3n) is 4.88. The highest BCUT2D eigenvalue weighted by Crippen LogP contribution is 2.37. The van der Waals surface area contributed by atoms with Crippen molar-refractivity contribution in [3.05, 3.63) is 66.1 Å². The molecule has 3 heterocycles. The van der Waals surface area contributed by atoms with Crippen LogP contribution in [0.1, 0.15) is 11.5 Å². The van der Waals surface area contributed by atoms with Crippen molar-refractivity contribution in [1.82, 2.24) is 19.1 Å². The van der Waals surface area contributed by atoms with Gasteiger partial charge in [0.05, 0.1) is 11.0 Å². The van der Waals surface area contributed by atoms with E-state index < -0.39 is 0 Å². The Hall–Kier alpha value is -3.14. The van der Waals surface area contributed by atoms with Crippen molar-refractivity contribution in [2.24, 2.45) is 7.05 Å². The Bertz CT molecular complexity index is 1250. The van der Waals surface area contributed by atoms with Crippen LogP contribution in [-0.4, -0.2) is 19.1 Å². The van der Waals surface area contributed by atoms with Gasteiger partial charge in [-0.15, -0.1) is 0 Å². The Balaban J connectivity index is 2.07. The van der Waals surface area contributed by atoms with Crippen LogP contribution < -0.4 is 0 Å². The second-order valence-corrected chi connectivity index (χ2v) is 6.54. The number of para-hydroxylation sites is 2. The Kier molecular flexibility index (Phi) is 2.80. The Labute approximate surface area is 145 Å². The summed E-state index contributed by atoms with van der Waals surface area (Å²) in [5.74, 6) is 1.71. The van der Waals surface area contributed by atoms with Gasteiger partial charge in [0.2, 0.25) is 0 Å². The van der Waals surface area contributed by atoms with E-state index in [1.54, 1.807) is 0 Å². The minimum atomic E-state index is 0.791. The summed E-state index contributed by atoms with van der Waals surface area (Å²) >= 11 is 0. The molecule has 0 unspecified atom stereocenters. The van der Waals surface area contributed by atoms with Crippen molar-refractivity contribution in [3.8, 4) is 5.82 Å². The lowest BCUT2D eigenvalue weighted by Crippen LogP contribution is -2.04. The molecule has 0 N–H and O–H groups in total. The fraction of sp³-hybridized carbons (Fsp3) is 0.143. The summed E-state index contributed by atoms with van der Waals surface area (Å²) in [5.41, 5.74) is 4.55. The normalized spacial score (nSPS) is 11.8. The number of fused-ring (bicyclic) bond motifs is 5. The van der Waals surface area contributed by atoms with E-state index in [-0.39, 0.29) is 0 Å². The second-order valence-electron chi connectivity index (χ2n) is 6.54. The molecule has 5 rings (SSSR count). The molecule has 0 spiro atoms. The van der Waals surface area contributed by atoms with Crippen LogP contribution in [0, 0.1) is 13.8 Å². The molecule has 0 aliphatic rings. The monoisotopic (exact) mass is 326 g/mol. The van der Waals surface area contributed by atoms with Crippen LogP contribution in [0.25, 0.3) is 38.7 Å². The molecular formula is C21H18N4. The van der Waals surface area contributed by atoms with E-state index in [1.165, 1.54) is 32.8 Å². The molecule has 4 heteroatoms. The van der Waals surface area contributed by atoms with Crippen molar-refractivity contribution in [2.45, 2.75) is 13.8 Å². The third kappa shape index (κ3) is 1.88. The van der Waals surface area contributed by atoms with Gasteiger partial charge in [0.1, 0.15) is 17.3 Å². The Morgan fingerprint density at radius 1 is 0.800 bits per heavy atom. The highest BCUT2D eigenvalue weighted by atomic mass is 15.2. The molecule has 0 saturated heterocycles. The average molecular weight is 326 g/mol. The Morgan fingerprint density at radius 2 is 1.44 bits per heavy atom. The molecule has 0 bridgehead atoms. The van der Waals surface area contributed by atoms with E-state index in [0.29, 0.717) is 0 Å². The number of hydrogen-bond acceptors (Lipinski definition) is 2. The molecule has 5 aromatic rings. The lowest BCUT2D eigenvalue weighted by Gasteiger charge is -2.10. The molecule has 4 nitrogen and oxygen atoms in total. The van der Waals surface area contributed by atoms with Gasteiger partial charge in [-0.1, -0.05) is 36.4 Å². The van der Waals surface area contributed by atoms with E-state index in [4.69, 9.17) is 4.98 Å². The summed E-state index contributed by atoms with van der Waals surface area (Å²) in [6.07, 6.45) is 0. The molecule has 0 aliphatic carbocycles. The minimum Gasteiger partial charge on any atom is -0.329 e. The van der Waals surface area contributed by atoms with Gasteiger partial charge in [0.15, 0.2) is 0 Å². The van der Waals surface area contributed by atoms with Crippen molar-refractivity contribution in [1.29, 1.82) is 0 Å². The molecule has 3 aromatic heterocycles. The van der Waals surface area contributed by atoms with Crippen LogP contribution in [0.5, 0.6) is 0 Å². The maximum absolute atomic E-state index is 4.73. The topological polar surface area (TPSA) is 35.6 Å². The Morgan fingerprint density at radius 3 is 2.16 bits per heavy atom. The van der Waals surface area contributed by atoms with Crippen molar-refractivity contribution in [3.63, 3.8) is 0 Å². The first-order valence-electron chi connectivity index (χ1n) is 8.44. The van der Waals surface area contributed by atoms with Gasteiger partial charge in [0.25, 0.3) is 0 Å². The van der Waals surface area contributed by atoms with E-state index in [9.17, 15) is 0 Å². The summed E-state index contributed by atoms with van der Waals surface area (Å²) in [4.78, 5) is 9.16. The average Bonchev–Trinajstić information content (AvgIpc) is 3.08. The van der Waals surface area contributed by atoms with E-state index in [1.807, 2.05) is 13.8 Å². The summed E-state index contributed by atoms with van der Waals surface area (Å²) < 4.78 is 4.52. The first-order chi connectivity index (χ1) is 12.1. The second kappa shape index (κ2) is 4.93. The molecule has 0 amide bonds. The van der Waals surface area contributed by atoms with Crippen LogP contribution in [0.2, 0.25) is 0 Å². The number of hydrogen-bond donors (Lipinski definition) is 0. The summed E-state index contributed by atoms with van der Waals surface area (Å²) in [7, 11) is 2.13. The highest BCUT2D eigenvalue weighted by molar-refractivity contribution is 6.21. The van der Waals surface area contributed by atoms with Crippen LogP contribution in [0.4, 0.5) is 0 Å². The van der Waals surface area contributed by atoms with Crippen LogP contribution in [-0.2, 0) is 7.05 Å². The first kappa shape index (κ1) is 14.2. The van der Waals surface area contributed by atoms with Crippen molar-refractivity contribution in [2.75, 3.05) is 0 Å². The SMILES string of the molecule is Cc1cc(-n2c3ccccc3c3c4ccccc4n(C)c32)nc(C)n1. The van der Waals surface area contributed by atoms with Gasteiger partial charge < -0.3 is 4.57 Å². The molecule has 0 aliphatic heterocycles. The van der Waals surface area contributed by atoms with Gasteiger partial charge >= 0.3 is 0 Å². The molecular weight excluding hydrogens is 308 g/mol. The van der Waals surface area contributed by atoms with E-state index >= 15 is 0 Å². The molecule has 25 heavy (non-hydrogen) atoms. The highest BCUT2D eigenvalue weighted by Gasteiger charge is 2.19. The predicted molar refractivity (Wildman–Crippen MR) is 102 cm³/mol. The number of aryl methyl sites for hydroxylation is 3. The third-order valence-corrected chi connectivity index (χ3v) is 4.88. The molecule has 0 radical (unpaired) electrons. The lowest BCUT2D eigenvalue weighted by atomic mass is 10.1. The van der Waals surface area contributed by atoms with Gasteiger partial charge in [-0.2, -0.15) is 0 Å². The van der Waals surface area contributed by atoms with Crippen LogP contribution >= 0.6 is 0 Å². The number of nitrogens with zero attached hydrogens (tertiary/aromatic N) is 4. The molecule has 0 fully saturated rings. The molecule has 122 valence electrons. The van der Waals surface area contributed by atoms with Gasteiger partial charge in [-0.05, 0) is 26.0 Å². The standard InChI is InChI=1S/C21H18N4/c1-13-12-19(23-14(2)22-13)25-18-11-7-5-9-16(18)20-15-8-4-6-10-17(15)24(3)21(20)25/h4-12H,1-3H3.